The lowest BCUT2D eigenvalue weighted by atomic mass is 9.99. The molecule has 0 bridgehead atoms. The SMILES string of the molecule is CCNc1ncc(C)c(NC2CCN3CCCCC23)n1. The number of rotatable bonds is 4. The molecule has 2 unspecified atom stereocenters. The number of nitrogens with one attached hydrogen (secondary N) is 2. The summed E-state index contributed by atoms with van der Waals surface area (Å²) in [5.74, 6) is 1.72. The van der Waals surface area contributed by atoms with Crippen molar-refractivity contribution in [1.29, 1.82) is 0 Å². The molecule has 110 valence electrons. The second kappa shape index (κ2) is 5.95. The third-order valence-electron chi connectivity index (χ3n) is 4.48. The lowest BCUT2D eigenvalue weighted by molar-refractivity contribution is 0.192. The largest absolute Gasteiger partial charge is 0.365 e. The molecule has 0 amide bonds. The maximum atomic E-state index is 4.61. The van der Waals surface area contributed by atoms with Crippen LogP contribution in [0.3, 0.4) is 0 Å². The van der Waals surface area contributed by atoms with Crippen molar-refractivity contribution in [2.45, 2.75) is 51.6 Å². The second-order valence-electron chi connectivity index (χ2n) is 5.89. The highest BCUT2D eigenvalue weighted by atomic mass is 15.2. The van der Waals surface area contributed by atoms with Crippen molar-refractivity contribution in [3.8, 4) is 0 Å². The highest BCUT2D eigenvalue weighted by Crippen LogP contribution is 2.29. The Bertz CT molecular complexity index is 462. The van der Waals surface area contributed by atoms with E-state index >= 15 is 0 Å². The van der Waals surface area contributed by atoms with Gasteiger partial charge in [0.2, 0.25) is 5.95 Å². The van der Waals surface area contributed by atoms with E-state index in [-0.39, 0.29) is 0 Å². The fourth-order valence-electron chi connectivity index (χ4n) is 3.42. The molecule has 3 rings (SSSR count). The fourth-order valence-corrected chi connectivity index (χ4v) is 3.42. The smallest absolute Gasteiger partial charge is 0.224 e. The van der Waals surface area contributed by atoms with Crippen molar-refractivity contribution in [1.82, 2.24) is 14.9 Å². The number of piperidine rings is 1. The van der Waals surface area contributed by atoms with E-state index in [2.05, 4.69) is 39.3 Å². The van der Waals surface area contributed by atoms with Crippen LogP contribution in [0.15, 0.2) is 6.20 Å². The van der Waals surface area contributed by atoms with Crippen molar-refractivity contribution in [2.24, 2.45) is 0 Å². The molecule has 1 aromatic heterocycles. The van der Waals surface area contributed by atoms with Gasteiger partial charge < -0.3 is 10.6 Å². The number of nitrogens with zero attached hydrogens (tertiary/aromatic N) is 3. The van der Waals surface area contributed by atoms with E-state index in [1.165, 1.54) is 38.8 Å². The van der Waals surface area contributed by atoms with Gasteiger partial charge in [0.1, 0.15) is 5.82 Å². The highest BCUT2D eigenvalue weighted by Gasteiger charge is 2.35. The molecule has 20 heavy (non-hydrogen) atoms. The number of fused-ring (bicyclic) bond motifs is 1. The molecular formula is C15H25N5. The summed E-state index contributed by atoms with van der Waals surface area (Å²) >= 11 is 0. The maximum absolute atomic E-state index is 4.61. The molecular weight excluding hydrogens is 250 g/mol. The lowest BCUT2D eigenvalue weighted by Gasteiger charge is -2.32. The van der Waals surface area contributed by atoms with Crippen LogP contribution in [0.1, 0.15) is 38.2 Å². The Hall–Kier alpha value is -1.36. The average molecular weight is 275 g/mol. The Labute approximate surface area is 121 Å². The normalized spacial score (nSPS) is 26.3. The number of aryl methyl sites for hydroxylation is 1. The first-order chi connectivity index (χ1) is 9.78. The highest BCUT2D eigenvalue weighted by molar-refractivity contribution is 5.47. The van der Waals surface area contributed by atoms with Crippen molar-refractivity contribution < 1.29 is 0 Å². The van der Waals surface area contributed by atoms with Gasteiger partial charge in [-0.3, -0.25) is 4.90 Å². The van der Waals surface area contributed by atoms with Crippen LogP contribution in [0.4, 0.5) is 11.8 Å². The van der Waals surface area contributed by atoms with E-state index in [1.54, 1.807) is 0 Å². The lowest BCUT2D eigenvalue weighted by Crippen LogP contribution is -2.42. The van der Waals surface area contributed by atoms with E-state index < -0.39 is 0 Å². The Morgan fingerprint density at radius 1 is 1.30 bits per heavy atom. The Balaban J connectivity index is 1.72. The van der Waals surface area contributed by atoms with Gasteiger partial charge in [0, 0.05) is 36.9 Å². The van der Waals surface area contributed by atoms with Gasteiger partial charge in [-0.15, -0.1) is 0 Å². The van der Waals surface area contributed by atoms with E-state index in [0.29, 0.717) is 12.1 Å². The first-order valence-electron chi connectivity index (χ1n) is 7.86. The molecule has 5 heteroatoms. The van der Waals surface area contributed by atoms with Crippen LogP contribution in [-0.4, -0.2) is 46.6 Å². The number of aromatic nitrogens is 2. The molecule has 0 aromatic carbocycles. The van der Waals surface area contributed by atoms with Crippen LogP contribution < -0.4 is 10.6 Å². The van der Waals surface area contributed by atoms with Gasteiger partial charge in [-0.1, -0.05) is 6.42 Å². The zero-order chi connectivity index (χ0) is 13.9. The molecule has 0 aliphatic carbocycles. The van der Waals surface area contributed by atoms with Crippen molar-refractivity contribution >= 4 is 11.8 Å². The molecule has 2 aliphatic rings. The van der Waals surface area contributed by atoms with Crippen molar-refractivity contribution in [3.63, 3.8) is 0 Å². The summed E-state index contributed by atoms with van der Waals surface area (Å²) < 4.78 is 0. The number of anilines is 2. The van der Waals surface area contributed by atoms with E-state index in [0.717, 1.165) is 23.9 Å². The average Bonchev–Trinajstić information content (AvgIpc) is 2.86. The van der Waals surface area contributed by atoms with Gasteiger partial charge in [0.15, 0.2) is 0 Å². The van der Waals surface area contributed by atoms with Crippen LogP contribution in [0.25, 0.3) is 0 Å². The Morgan fingerprint density at radius 3 is 3.05 bits per heavy atom. The minimum atomic E-state index is 0.540. The fraction of sp³-hybridized carbons (Fsp3) is 0.733. The van der Waals surface area contributed by atoms with E-state index in [9.17, 15) is 0 Å². The second-order valence-corrected chi connectivity index (χ2v) is 5.89. The third kappa shape index (κ3) is 2.73. The molecule has 3 heterocycles. The monoisotopic (exact) mass is 275 g/mol. The van der Waals surface area contributed by atoms with Crippen LogP contribution in [0.2, 0.25) is 0 Å². The quantitative estimate of drug-likeness (QED) is 0.883. The molecule has 2 fully saturated rings. The van der Waals surface area contributed by atoms with Crippen LogP contribution >= 0.6 is 0 Å². The first kappa shape index (κ1) is 13.6. The predicted octanol–water partition coefficient (Wildman–Crippen LogP) is 2.26. The zero-order valence-corrected chi connectivity index (χ0v) is 12.5. The standard InChI is InChI=1S/C15H25N5/c1-3-16-15-17-10-11(2)14(19-15)18-12-7-9-20-8-5-4-6-13(12)20/h10,12-13H,3-9H2,1-2H3,(H2,16,17,18,19). The molecule has 2 aliphatic heterocycles. The molecule has 0 radical (unpaired) electrons. The summed E-state index contributed by atoms with van der Waals surface area (Å²) in [6.45, 7) is 7.49. The van der Waals surface area contributed by atoms with Crippen LogP contribution in [0, 0.1) is 6.92 Å². The van der Waals surface area contributed by atoms with Crippen LogP contribution in [0.5, 0.6) is 0 Å². The van der Waals surface area contributed by atoms with Gasteiger partial charge in [0.05, 0.1) is 0 Å². The molecule has 5 nitrogen and oxygen atoms in total. The Kier molecular flexibility index (Phi) is 4.05. The van der Waals surface area contributed by atoms with E-state index in [4.69, 9.17) is 0 Å². The van der Waals surface area contributed by atoms with E-state index in [1.807, 2.05) is 6.20 Å². The maximum Gasteiger partial charge on any atom is 0.224 e. The summed E-state index contributed by atoms with van der Waals surface area (Å²) in [5.41, 5.74) is 1.13. The van der Waals surface area contributed by atoms with Crippen molar-refractivity contribution in [3.05, 3.63) is 11.8 Å². The summed E-state index contributed by atoms with van der Waals surface area (Å²) in [6, 6.07) is 1.24. The van der Waals surface area contributed by atoms with Gasteiger partial charge >= 0.3 is 0 Å². The molecule has 1 aromatic rings. The minimum absolute atomic E-state index is 0.540. The Morgan fingerprint density at radius 2 is 2.20 bits per heavy atom. The molecule has 2 saturated heterocycles. The predicted molar refractivity (Wildman–Crippen MR) is 82.2 cm³/mol. The number of hydrogen-bond acceptors (Lipinski definition) is 5. The van der Waals surface area contributed by atoms with Crippen molar-refractivity contribution in [2.75, 3.05) is 30.3 Å². The molecule has 0 spiro atoms. The third-order valence-corrected chi connectivity index (χ3v) is 4.48. The molecule has 0 saturated carbocycles. The molecule has 2 N–H and O–H groups in total. The minimum Gasteiger partial charge on any atom is -0.365 e. The van der Waals surface area contributed by atoms with Gasteiger partial charge in [0.25, 0.3) is 0 Å². The number of hydrogen-bond donors (Lipinski definition) is 2. The molecule has 2 atom stereocenters. The van der Waals surface area contributed by atoms with Gasteiger partial charge in [-0.25, -0.2) is 4.98 Å². The first-order valence-corrected chi connectivity index (χ1v) is 7.86. The summed E-state index contributed by atoms with van der Waals surface area (Å²) in [5, 5.41) is 6.86. The van der Waals surface area contributed by atoms with Gasteiger partial charge in [-0.05, 0) is 39.7 Å². The zero-order valence-electron chi connectivity index (χ0n) is 12.5. The summed E-state index contributed by atoms with van der Waals surface area (Å²) in [7, 11) is 0. The van der Waals surface area contributed by atoms with Crippen LogP contribution in [-0.2, 0) is 0 Å². The topological polar surface area (TPSA) is 53.1 Å². The summed E-state index contributed by atoms with van der Waals surface area (Å²) in [4.78, 5) is 11.6. The van der Waals surface area contributed by atoms with Gasteiger partial charge in [-0.2, -0.15) is 4.98 Å². The summed E-state index contributed by atoms with van der Waals surface area (Å²) in [6.07, 6.45) is 7.18.